The molecule has 0 heterocycles. The highest BCUT2D eigenvalue weighted by molar-refractivity contribution is 6.10. The van der Waals surface area contributed by atoms with Crippen molar-refractivity contribution in [3.63, 3.8) is 0 Å². The molecule has 0 unspecified atom stereocenters. The number of nitrogens with zero attached hydrogens (tertiary/aromatic N) is 1. The molecule has 6 heteroatoms. The SMILES string of the molecule is CC(C)c1cccc(C(C)C)c1NC(=O)CC(=O)N(CC(=O)O)c1ccccc1. The third-order valence-electron chi connectivity index (χ3n) is 4.61. The fourth-order valence-corrected chi connectivity index (χ4v) is 3.18. The van der Waals surface area contributed by atoms with E-state index < -0.39 is 30.7 Å². The number of para-hydroxylation sites is 2. The largest absolute Gasteiger partial charge is 0.480 e. The van der Waals surface area contributed by atoms with E-state index in [1.54, 1.807) is 30.3 Å². The number of rotatable bonds is 8. The van der Waals surface area contributed by atoms with Crippen molar-refractivity contribution in [2.45, 2.75) is 46.0 Å². The van der Waals surface area contributed by atoms with Crippen LogP contribution in [0.15, 0.2) is 48.5 Å². The number of hydrogen-bond acceptors (Lipinski definition) is 3. The van der Waals surface area contributed by atoms with Gasteiger partial charge in [-0.2, -0.15) is 0 Å². The number of nitrogens with one attached hydrogen (secondary N) is 1. The molecule has 0 aliphatic rings. The zero-order valence-corrected chi connectivity index (χ0v) is 17.3. The molecule has 0 radical (unpaired) electrons. The first-order valence-corrected chi connectivity index (χ1v) is 9.70. The molecule has 2 aromatic carbocycles. The molecule has 0 bridgehead atoms. The molecule has 2 aromatic rings. The van der Waals surface area contributed by atoms with Gasteiger partial charge in [0.2, 0.25) is 11.8 Å². The average Bonchev–Trinajstić information content (AvgIpc) is 2.66. The average molecular weight is 396 g/mol. The maximum atomic E-state index is 12.7. The number of carboxylic acids is 1. The number of hydrogen-bond donors (Lipinski definition) is 2. The lowest BCUT2D eigenvalue weighted by Crippen LogP contribution is -2.37. The second-order valence-corrected chi connectivity index (χ2v) is 7.55. The molecule has 0 aromatic heterocycles. The second-order valence-electron chi connectivity index (χ2n) is 7.55. The Morgan fingerprint density at radius 1 is 0.897 bits per heavy atom. The standard InChI is InChI=1S/C23H28N2O4/c1-15(2)18-11-8-12-19(16(3)4)23(18)24-20(26)13-21(27)25(14-22(28)29)17-9-6-5-7-10-17/h5-12,15-16H,13-14H2,1-4H3,(H,24,26)(H,28,29). The van der Waals surface area contributed by atoms with Crippen LogP contribution in [0.1, 0.15) is 57.1 Å². The van der Waals surface area contributed by atoms with E-state index >= 15 is 0 Å². The van der Waals surface area contributed by atoms with Crippen LogP contribution in [-0.2, 0) is 14.4 Å². The Bertz CT molecular complexity index is 849. The maximum absolute atomic E-state index is 12.7. The van der Waals surface area contributed by atoms with Crippen LogP contribution in [0.4, 0.5) is 11.4 Å². The number of anilines is 2. The predicted molar refractivity (Wildman–Crippen MR) is 114 cm³/mol. The van der Waals surface area contributed by atoms with Gasteiger partial charge < -0.3 is 15.3 Å². The smallest absolute Gasteiger partial charge is 0.323 e. The minimum Gasteiger partial charge on any atom is -0.480 e. The summed E-state index contributed by atoms with van der Waals surface area (Å²) in [6.45, 7) is 7.68. The van der Waals surface area contributed by atoms with Crippen LogP contribution < -0.4 is 10.2 Å². The molecule has 0 aliphatic carbocycles. The van der Waals surface area contributed by atoms with Gasteiger partial charge in [0.25, 0.3) is 0 Å². The number of carbonyl (C=O) groups excluding carboxylic acids is 2. The minimum atomic E-state index is -1.14. The summed E-state index contributed by atoms with van der Waals surface area (Å²) in [6.07, 6.45) is -0.438. The van der Waals surface area contributed by atoms with Crippen molar-refractivity contribution in [2.24, 2.45) is 0 Å². The van der Waals surface area contributed by atoms with E-state index in [1.807, 2.05) is 45.9 Å². The van der Waals surface area contributed by atoms with Gasteiger partial charge in [0.15, 0.2) is 0 Å². The van der Waals surface area contributed by atoms with Gasteiger partial charge in [0.05, 0.1) is 0 Å². The normalized spacial score (nSPS) is 10.8. The molecule has 2 N–H and O–H groups in total. The van der Waals surface area contributed by atoms with Crippen molar-refractivity contribution >= 4 is 29.2 Å². The fraction of sp³-hybridized carbons (Fsp3) is 0.348. The third kappa shape index (κ3) is 5.91. The predicted octanol–water partition coefficient (Wildman–Crippen LogP) is 4.38. The highest BCUT2D eigenvalue weighted by Crippen LogP contribution is 2.32. The van der Waals surface area contributed by atoms with Gasteiger partial charge in [-0.15, -0.1) is 0 Å². The summed E-state index contributed by atoms with van der Waals surface area (Å²) in [5, 5.41) is 12.1. The zero-order chi connectivity index (χ0) is 21.6. The van der Waals surface area contributed by atoms with Crippen molar-refractivity contribution in [1.82, 2.24) is 0 Å². The third-order valence-corrected chi connectivity index (χ3v) is 4.61. The van der Waals surface area contributed by atoms with Crippen molar-refractivity contribution in [3.05, 3.63) is 59.7 Å². The highest BCUT2D eigenvalue weighted by Gasteiger charge is 2.23. The molecule has 0 saturated heterocycles. The van der Waals surface area contributed by atoms with Crippen LogP contribution in [0.5, 0.6) is 0 Å². The molecule has 2 amide bonds. The fourth-order valence-electron chi connectivity index (χ4n) is 3.18. The van der Waals surface area contributed by atoms with Crippen LogP contribution in [0, 0.1) is 0 Å². The molecule has 0 fully saturated rings. The Balaban J connectivity index is 2.23. The number of aliphatic carboxylic acids is 1. The number of carbonyl (C=O) groups is 3. The number of benzene rings is 2. The van der Waals surface area contributed by atoms with Crippen molar-refractivity contribution in [1.29, 1.82) is 0 Å². The molecule has 29 heavy (non-hydrogen) atoms. The first-order chi connectivity index (χ1) is 13.7. The van der Waals surface area contributed by atoms with Gasteiger partial charge in [-0.3, -0.25) is 14.4 Å². The summed E-state index contributed by atoms with van der Waals surface area (Å²) < 4.78 is 0. The molecule has 154 valence electrons. The van der Waals surface area contributed by atoms with E-state index in [4.69, 9.17) is 5.11 Å². The topological polar surface area (TPSA) is 86.7 Å². The van der Waals surface area contributed by atoms with Crippen molar-refractivity contribution < 1.29 is 19.5 Å². The van der Waals surface area contributed by atoms with Gasteiger partial charge in [0.1, 0.15) is 13.0 Å². The summed E-state index contributed by atoms with van der Waals surface area (Å²) in [7, 11) is 0. The molecule has 6 nitrogen and oxygen atoms in total. The molecular weight excluding hydrogens is 368 g/mol. The summed E-state index contributed by atoms with van der Waals surface area (Å²) in [6, 6.07) is 14.4. The first kappa shape index (κ1) is 22.1. The van der Waals surface area contributed by atoms with Gasteiger partial charge in [0, 0.05) is 11.4 Å². The molecule has 0 spiro atoms. The van der Waals surface area contributed by atoms with Crippen molar-refractivity contribution in [2.75, 3.05) is 16.8 Å². The molecule has 0 aliphatic heterocycles. The highest BCUT2D eigenvalue weighted by atomic mass is 16.4. The van der Waals surface area contributed by atoms with E-state index in [0.29, 0.717) is 5.69 Å². The lowest BCUT2D eigenvalue weighted by atomic mass is 9.92. The Hall–Kier alpha value is -3.15. The van der Waals surface area contributed by atoms with Gasteiger partial charge in [-0.1, -0.05) is 64.1 Å². The Morgan fingerprint density at radius 2 is 1.45 bits per heavy atom. The molecule has 0 atom stereocenters. The van der Waals surface area contributed by atoms with Crippen LogP contribution >= 0.6 is 0 Å². The van der Waals surface area contributed by atoms with Crippen LogP contribution in [0.25, 0.3) is 0 Å². The zero-order valence-electron chi connectivity index (χ0n) is 17.3. The molecule has 2 rings (SSSR count). The summed E-state index contributed by atoms with van der Waals surface area (Å²) in [5.41, 5.74) is 3.18. The van der Waals surface area contributed by atoms with Gasteiger partial charge in [-0.05, 0) is 35.1 Å². The van der Waals surface area contributed by atoms with E-state index in [-0.39, 0.29) is 11.8 Å². The quantitative estimate of drug-likeness (QED) is 0.648. The van der Waals surface area contributed by atoms with Crippen molar-refractivity contribution in [3.8, 4) is 0 Å². The minimum absolute atomic E-state index is 0.201. The van der Waals surface area contributed by atoms with Gasteiger partial charge in [-0.25, -0.2) is 0 Å². The Labute approximate surface area is 171 Å². The van der Waals surface area contributed by atoms with E-state index in [9.17, 15) is 14.4 Å². The monoisotopic (exact) mass is 396 g/mol. The summed E-state index contributed by atoms with van der Waals surface area (Å²) in [4.78, 5) is 37.7. The lowest BCUT2D eigenvalue weighted by Gasteiger charge is -2.22. The van der Waals surface area contributed by atoms with Crippen LogP contribution in [0.2, 0.25) is 0 Å². The lowest BCUT2D eigenvalue weighted by molar-refractivity contribution is -0.137. The summed E-state index contributed by atoms with van der Waals surface area (Å²) >= 11 is 0. The van der Waals surface area contributed by atoms with Crippen LogP contribution in [-0.4, -0.2) is 29.4 Å². The maximum Gasteiger partial charge on any atom is 0.323 e. The molecule has 0 saturated carbocycles. The number of amides is 2. The van der Waals surface area contributed by atoms with E-state index in [2.05, 4.69) is 5.32 Å². The molecular formula is C23H28N2O4. The van der Waals surface area contributed by atoms with Gasteiger partial charge >= 0.3 is 5.97 Å². The second kappa shape index (κ2) is 9.87. The number of carboxylic acid groups (broad SMARTS) is 1. The summed E-state index contributed by atoms with van der Waals surface area (Å²) in [5.74, 6) is -1.77. The van der Waals surface area contributed by atoms with E-state index in [0.717, 1.165) is 21.7 Å². The first-order valence-electron chi connectivity index (χ1n) is 9.70. The Morgan fingerprint density at radius 3 is 1.93 bits per heavy atom. The Kier molecular flexibility index (Phi) is 7.53. The van der Waals surface area contributed by atoms with Crippen LogP contribution in [0.3, 0.4) is 0 Å². The van der Waals surface area contributed by atoms with E-state index in [1.165, 1.54) is 0 Å².